The van der Waals surface area contributed by atoms with Crippen molar-refractivity contribution >= 4 is 5.97 Å². The summed E-state index contributed by atoms with van der Waals surface area (Å²) >= 11 is 0. The SMILES string of the molecule is NCCCC[C@@H](C(=O)O)N(C1(CO)O[C@H](CO)[C@@H](O)[C@@H]1O)C1(CO)O[C@H](CO)[C@@H](O)[C@@H]1O. The van der Waals surface area contributed by atoms with Gasteiger partial charge in [-0.05, 0) is 19.4 Å². The third-order valence-corrected chi connectivity index (χ3v) is 6.20. The topological polar surface area (TPSA) is 247 Å². The molecule has 0 aliphatic carbocycles. The van der Waals surface area contributed by atoms with Crippen LogP contribution in [0.1, 0.15) is 19.3 Å². The summed E-state index contributed by atoms with van der Waals surface area (Å²) in [5.41, 5.74) is 0.517. The van der Waals surface area contributed by atoms with E-state index in [2.05, 4.69) is 0 Å². The third kappa shape index (κ3) is 4.38. The van der Waals surface area contributed by atoms with E-state index in [4.69, 9.17) is 15.2 Å². The van der Waals surface area contributed by atoms with Gasteiger partial charge in [0.1, 0.15) is 42.7 Å². The van der Waals surface area contributed by atoms with E-state index in [1.807, 2.05) is 0 Å². The summed E-state index contributed by atoms with van der Waals surface area (Å²) in [5.74, 6) is -1.52. The van der Waals surface area contributed by atoms with Gasteiger partial charge in [-0.1, -0.05) is 6.42 Å². The van der Waals surface area contributed by atoms with Crippen LogP contribution in [0, 0.1) is 0 Å². The second kappa shape index (κ2) is 10.9. The van der Waals surface area contributed by atoms with Crippen LogP contribution in [0.2, 0.25) is 0 Å². The van der Waals surface area contributed by atoms with E-state index < -0.39 is 86.5 Å². The maximum Gasteiger partial charge on any atom is 0.321 e. The van der Waals surface area contributed by atoms with E-state index in [-0.39, 0.29) is 19.4 Å². The van der Waals surface area contributed by atoms with E-state index in [0.29, 0.717) is 11.3 Å². The van der Waals surface area contributed by atoms with Gasteiger partial charge in [0.15, 0.2) is 11.4 Å². The minimum Gasteiger partial charge on any atom is -0.480 e. The van der Waals surface area contributed by atoms with Crippen LogP contribution in [-0.2, 0) is 14.3 Å². The first-order chi connectivity index (χ1) is 15.1. The number of nitrogens with two attached hydrogens (primary N) is 1. The maximum atomic E-state index is 12.3. The highest BCUT2D eigenvalue weighted by Crippen LogP contribution is 2.46. The standard InChI is InChI=1S/C18H34N2O12/c19-4-2-1-3-9(16(29)30)20(17(7-23)14(27)12(25)10(5-21)31-17)18(8-24)15(28)13(26)11(6-22)32-18/h9-15,21-28H,1-8,19H2,(H,29,30)/t9-,10+,11+,12+,13+,14-,15-,17?,18?/m0/s1. The molecule has 0 aromatic heterocycles. The fraction of sp³-hybridized carbons (Fsp3) is 0.944. The fourth-order valence-electron chi connectivity index (χ4n) is 4.54. The van der Waals surface area contributed by atoms with Crippen molar-refractivity contribution in [2.24, 2.45) is 5.73 Å². The van der Waals surface area contributed by atoms with Crippen LogP contribution in [0.4, 0.5) is 0 Å². The lowest BCUT2D eigenvalue weighted by Gasteiger charge is -2.53. The van der Waals surface area contributed by atoms with Gasteiger partial charge in [-0.25, -0.2) is 4.90 Å². The third-order valence-electron chi connectivity index (χ3n) is 6.20. The second-order valence-corrected chi connectivity index (χ2v) is 8.06. The molecule has 2 heterocycles. The van der Waals surface area contributed by atoms with Crippen molar-refractivity contribution in [3.8, 4) is 0 Å². The Morgan fingerprint density at radius 1 is 0.875 bits per heavy atom. The number of aliphatic carboxylic acids is 1. The van der Waals surface area contributed by atoms with Crippen LogP contribution in [0.3, 0.4) is 0 Å². The molecule has 0 aromatic rings. The van der Waals surface area contributed by atoms with Gasteiger partial charge in [0.25, 0.3) is 0 Å². The molecule has 0 bridgehead atoms. The number of hydrogen-bond acceptors (Lipinski definition) is 13. The van der Waals surface area contributed by atoms with Gasteiger partial charge in [-0.15, -0.1) is 0 Å². The molecule has 11 N–H and O–H groups in total. The molecule has 2 rings (SSSR count). The molecular formula is C18H34N2O12. The smallest absolute Gasteiger partial charge is 0.321 e. The number of aliphatic hydroxyl groups excluding tert-OH is 8. The van der Waals surface area contributed by atoms with Gasteiger partial charge in [0.05, 0.1) is 26.4 Å². The van der Waals surface area contributed by atoms with E-state index in [0.717, 1.165) is 0 Å². The number of hydrogen-bond donors (Lipinski definition) is 10. The molecule has 2 saturated heterocycles. The highest BCUT2D eigenvalue weighted by atomic mass is 16.6. The molecule has 2 aliphatic heterocycles. The Labute approximate surface area is 184 Å². The lowest BCUT2D eigenvalue weighted by molar-refractivity contribution is -0.322. The first kappa shape index (κ1) is 27.2. The van der Waals surface area contributed by atoms with Crippen molar-refractivity contribution in [2.45, 2.75) is 73.4 Å². The Hall–Kier alpha value is -1.01. The quantitative estimate of drug-likeness (QED) is 0.120. The van der Waals surface area contributed by atoms with Crippen molar-refractivity contribution in [3.63, 3.8) is 0 Å². The summed E-state index contributed by atoms with van der Waals surface area (Å²) in [6, 6.07) is -1.69. The van der Waals surface area contributed by atoms with Crippen LogP contribution in [-0.4, -0.2) is 144 Å². The lowest BCUT2D eigenvalue weighted by Crippen LogP contribution is -2.75. The summed E-state index contributed by atoms with van der Waals surface area (Å²) in [6.07, 6.45) is -10.1. The van der Waals surface area contributed by atoms with Gasteiger partial charge < -0.3 is 61.2 Å². The molecule has 9 atom stereocenters. The zero-order valence-corrected chi connectivity index (χ0v) is 17.5. The number of aliphatic hydroxyl groups is 8. The maximum absolute atomic E-state index is 12.3. The molecule has 0 radical (unpaired) electrons. The van der Waals surface area contributed by atoms with E-state index in [1.165, 1.54) is 0 Å². The Bertz CT molecular complexity index is 591. The van der Waals surface area contributed by atoms with Crippen molar-refractivity contribution in [2.75, 3.05) is 33.0 Å². The number of carboxylic acid groups (broad SMARTS) is 1. The number of ether oxygens (including phenoxy) is 2. The molecule has 32 heavy (non-hydrogen) atoms. The molecule has 0 saturated carbocycles. The lowest BCUT2D eigenvalue weighted by atomic mass is 9.90. The zero-order chi connectivity index (χ0) is 24.3. The number of unbranched alkanes of at least 4 members (excludes halogenated alkanes) is 1. The highest BCUT2D eigenvalue weighted by molar-refractivity contribution is 5.73. The van der Waals surface area contributed by atoms with Crippen LogP contribution >= 0.6 is 0 Å². The molecule has 14 nitrogen and oxygen atoms in total. The predicted octanol–water partition coefficient (Wildman–Crippen LogP) is -5.53. The zero-order valence-electron chi connectivity index (χ0n) is 17.5. The van der Waals surface area contributed by atoms with Crippen molar-refractivity contribution < 1.29 is 60.2 Å². The van der Waals surface area contributed by atoms with E-state index in [9.17, 15) is 50.8 Å². The van der Waals surface area contributed by atoms with Crippen molar-refractivity contribution in [1.82, 2.24) is 4.90 Å². The molecule has 0 aromatic carbocycles. The Kier molecular flexibility index (Phi) is 9.31. The Morgan fingerprint density at radius 3 is 1.59 bits per heavy atom. The molecule has 0 amide bonds. The van der Waals surface area contributed by atoms with Gasteiger partial charge in [0.2, 0.25) is 0 Å². The summed E-state index contributed by atoms with van der Waals surface area (Å²) in [5, 5.41) is 91.8. The van der Waals surface area contributed by atoms with Crippen LogP contribution in [0.25, 0.3) is 0 Å². The van der Waals surface area contributed by atoms with Gasteiger partial charge >= 0.3 is 5.97 Å². The monoisotopic (exact) mass is 470 g/mol. The largest absolute Gasteiger partial charge is 0.480 e. The average Bonchev–Trinajstić information content (AvgIpc) is 3.19. The fourth-order valence-corrected chi connectivity index (χ4v) is 4.54. The Balaban J connectivity index is 2.70. The van der Waals surface area contributed by atoms with Gasteiger partial charge in [-0.3, -0.25) is 4.79 Å². The summed E-state index contributed by atoms with van der Waals surface area (Å²) in [6.45, 7) is -3.69. The van der Waals surface area contributed by atoms with Gasteiger partial charge in [-0.2, -0.15) is 0 Å². The highest BCUT2D eigenvalue weighted by Gasteiger charge is 2.69. The number of nitrogens with zero attached hydrogens (tertiary/aromatic N) is 1. The minimum atomic E-state index is -2.48. The summed E-state index contributed by atoms with van der Waals surface area (Å²) in [7, 11) is 0. The summed E-state index contributed by atoms with van der Waals surface area (Å²) < 4.78 is 11.1. The normalized spacial score (nSPS) is 40.8. The van der Waals surface area contributed by atoms with Crippen LogP contribution in [0.15, 0.2) is 0 Å². The first-order valence-corrected chi connectivity index (χ1v) is 10.3. The molecule has 14 heteroatoms. The number of carboxylic acids is 1. The average molecular weight is 470 g/mol. The second-order valence-electron chi connectivity index (χ2n) is 8.06. The number of carbonyl (C=O) groups is 1. The van der Waals surface area contributed by atoms with E-state index >= 15 is 0 Å². The minimum absolute atomic E-state index is 0.179. The van der Waals surface area contributed by atoms with Gasteiger partial charge in [0, 0.05) is 0 Å². The molecule has 2 fully saturated rings. The van der Waals surface area contributed by atoms with Crippen molar-refractivity contribution in [1.29, 1.82) is 0 Å². The first-order valence-electron chi connectivity index (χ1n) is 10.3. The number of rotatable bonds is 12. The van der Waals surface area contributed by atoms with Crippen LogP contribution < -0.4 is 5.73 Å². The molecule has 2 unspecified atom stereocenters. The predicted molar refractivity (Wildman–Crippen MR) is 104 cm³/mol. The molecule has 2 aliphatic rings. The van der Waals surface area contributed by atoms with E-state index in [1.54, 1.807) is 0 Å². The molecule has 188 valence electrons. The van der Waals surface area contributed by atoms with Crippen LogP contribution in [0.5, 0.6) is 0 Å². The Morgan fingerprint density at radius 2 is 1.31 bits per heavy atom. The van der Waals surface area contributed by atoms with Crippen molar-refractivity contribution in [3.05, 3.63) is 0 Å². The molecule has 0 spiro atoms. The molecular weight excluding hydrogens is 436 g/mol. The summed E-state index contributed by atoms with van der Waals surface area (Å²) in [4.78, 5) is 13.0.